The third-order valence-corrected chi connectivity index (χ3v) is 6.86. The van der Waals surface area contributed by atoms with Crippen molar-refractivity contribution in [2.24, 2.45) is 5.92 Å². The SMILES string of the molecule is Cc1ccc(C)c(S(=O)(=O)N2CCCC(C(=O)Nc3ccccc3F)C2)c1. The molecular weight excluding hydrogens is 367 g/mol. The van der Waals surface area contributed by atoms with Crippen LogP contribution in [0.4, 0.5) is 10.1 Å². The van der Waals surface area contributed by atoms with Gasteiger partial charge in [-0.2, -0.15) is 4.31 Å². The van der Waals surface area contributed by atoms with Gasteiger partial charge in [0.1, 0.15) is 5.82 Å². The van der Waals surface area contributed by atoms with Crippen LogP contribution in [0.2, 0.25) is 0 Å². The van der Waals surface area contributed by atoms with Gasteiger partial charge in [-0.1, -0.05) is 24.3 Å². The summed E-state index contributed by atoms with van der Waals surface area (Å²) in [5.74, 6) is -1.39. The van der Waals surface area contributed by atoms with Gasteiger partial charge in [-0.05, 0) is 56.0 Å². The van der Waals surface area contributed by atoms with Crippen LogP contribution in [0.15, 0.2) is 47.4 Å². The molecule has 1 unspecified atom stereocenters. The van der Waals surface area contributed by atoms with Gasteiger partial charge < -0.3 is 5.32 Å². The lowest BCUT2D eigenvalue weighted by Gasteiger charge is -2.31. The molecule has 1 aliphatic heterocycles. The van der Waals surface area contributed by atoms with E-state index in [-0.39, 0.29) is 23.0 Å². The van der Waals surface area contributed by atoms with Gasteiger partial charge in [-0.3, -0.25) is 4.79 Å². The van der Waals surface area contributed by atoms with Gasteiger partial charge in [0, 0.05) is 13.1 Å². The van der Waals surface area contributed by atoms with E-state index in [2.05, 4.69) is 5.32 Å². The normalized spacial score (nSPS) is 18.3. The number of sulfonamides is 1. The quantitative estimate of drug-likeness (QED) is 0.869. The summed E-state index contributed by atoms with van der Waals surface area (Å²) in [5.41, 5.74) is 1.65. The fraction of sp³-hybridized carbons (Fsp3) is 0.350. The molecule has 1 heterocycles. The highest BCUT2D eigenvalue weighted by Gasteiger charge is 2.34. The molecule has 1 atom stereocenters. The number of halogens is 1. The largest absolute Gasteiger partial charge is 0.323 e. The molecule has 3 rings (SSSR count). The van der Waals surface area contributed by atoms with Crippen LogP contribution in [0.3, 0.4) is 0 Å². The summed E-state index contributed by atoms with van der Waals surface area (Å²) < 4.78 is 41.3. The highest BCUT2D eigenvalue weighted by Crippen LogP contribution is 2.27. The molecule has 1 amide bonds. The summed E-state index contributed by atoms with van der Waals surface area (Å²) in [7, 11) is -3.68. The molecule has 0 radical (unpaired) electrons. The third kappa shape index (κ3) is 4.20. The van der Waals surface area contributed by atoms with Crippen molar-refractivity contribution in [1.82, 2.24) is 4.31 Å². The van der Waals surface area contributed by atoms with Gasteiger partial charge in [0.15, 0.2) is 0 Å². The van der Waals surface area contributed by atoms with Gasteiger partial charge in [0.25, 0.3) is 0 Å². The van der Waals surface area contributed by atoms with E-state index in [0.717, 1.165) is 5.56 Å². The summed E-state index contributed by atoms with van der Waals surface area (Å²) in [4.78, 5) is 12.8. The monoisotopic (exact) mass is 390 g/mol. The Morgan fingerprint density at radius 3 is 2.67 bits per heavy atom. The number of aryl methyl sites for hydroxylation is 2. The van der Waals surface area contributed by atoms with Gasteiger partial charge >= 0.3 is 0 Å². The first kappa shape index (κ1) is 19.5. The van der Waals surface area contributed by atoms with Crippen LogP contribution in [-0.4, -0.2) is 31.7 Å². The highest BCUT2D eigenvalue weighted by molar-refractivity contribution is 7.89. The molecule has 0 spiro atoms. The van der Waals surface area contributed by atoms with Gasteiger partial charge in [0.05, 0.1) is 16.5 Å². The van der Waals surface area contributed by atoms with E-state index in [0.29, 0.717) is 24.9 Å². The van der Waals surface area contributed by atoms with Crippen LogP contribution in [0.25, 0.3) is 0 Å². The number of hydrogen-bond donors (Lipinski definition) is 1. The highest BCUT2D eigenvalue weighted by atomic mass is 32.2. The zero-order valence-corrected chi connectivity index (χ0v) is 16.2. The number of rotatable bonds is 4. The molecule has 0 saturated carbocycles. The van der Waals surface area contributed by atoms with E-state index in [1.807, 2.05) is 13.0 Å². The molecule has 0 aromatic heterocycles. The summed E-state index contributed by atoms with van der Waals surface area (Å²) in [6, 6.07) is 11.3. The average Bonchev–Trinajstić information content (AvgIpc) is 2.65. The fourth-order valence-electron chi connectivity index (χ4n) is 3.30. The Labute approximate surface area is 159 Å². The van der Waals surface area contributed by atoms with Crippen molar-refractivity contribution >= 4 is 21.6 Å². The number of benzene rings is 2. The summed E-state index contributed by atoms with van der Waals surface area (Å²) in [5, 5.41) is 2.58. The second-order valence-electron chi connectivity index (χ2n) is 6.94. The molecule has 2 aromatic carbocycles. The molecule has 1 aliphatic rings. The number of para-hydroxylation sites is 1. The number of piperidine rings is 1. The fourth-order valence-corrected chi connectivity index (χ4v) is 5.13. The lowest BCUT2D eigenvalue weighted by atomic mass is 9.98. The molecule has 1 N–H and O–H groups in total. The first-order valence-corrected chi connectivity index (χ1v) is 10.4. The topological polar surface area (TPSA) is 66.5 Å². The molecule has 5 nitrogen and oxygen atoms in total. The van der Waals surface area contributed by atoms with Crippen molar-refractivity contribution in [1.29, 1.82) is 0 Å². The molecule has 144 valence electrons. The number of carbonyl (C=O) groups is 1. The summed E-state index contributed by atoms with van der Waals surface area (Å²) in [6.45, 7) is 4.08. The Morgan fingerprint density at radius 1 is 1.19 bits per heavy atom. The minimum atomic E-state index is -3.68. The van der Waals surface area contributed by atoms with Crippen molar-refractivity contribution in [2.45, 2.75) is 31.6 Å². The molecule has 1 fully saturated rings. The minimum absolute atomic E-state index is 0.0933. The number of carbonyl (C=O) groups excluding carboxylic acids is 1. The molecular formula is C20H23FN2O3S. The molecule has 27 heavy (non-hydrogen) atoms. The molecule has 0 bridgehead atoms. The molecule has 0 aliphatic carbocycles. The van der Waals surface area contributed by atoms with Gasteiger partial charge in [-0.25, -0.2) is 12.8 Å². The van der Waals surface area contributed by atoms with E-state index in [4.69, 9.17) is 0 Å². The Balaban J connectivity index is 1.78. The maximum atomic E-state index is 13.8. The second-order valence-corrected chi connectivity index (χ2v) is 8.85. The smallest absolute Gasteiger partial charge is 0.243 e. The molecule has 1 saturated heterocycles. The van der Waals surface area contributed by atoms with Gasteiger partial charge in [0.2, 0.25) is 15.9 Å². The molecule has 2 aromatic rings. The van der Waals surface area contributed by atoms with Crippen molar-refractivity contribution < 1.29 is 17.6 Å². The second kappa shape index (κ2) is 7.78. The van der Waals surface area contributed by atoms with E-state index in [1.165, 1.54) is 16.4 Å². The van der Waals surface area contributed by atoms with Crippen LogP contribution in [0, 0.1) is 25.6 Å². The van der Waals surface area contributed by atoms with Crippen molar-refractivity contribution in [2.75, 3.05) is 18.4 Å². The lowest BCUT2D eigenvalue weighted by molar-refractivity contribution is -0.120. The standard InChI is InChI=1S/C20H23FN2O3S/c1-14-9-10-15(2)19(12-14)27(25,26)23-11-5-6-16(13-23)20(24)22-18-8-4-3-7-17(18)21/h3-4,7-10,12,16H,5-6,11,13H2,1-2H3,(H,22,24). The summed E-state index contributed by atoms with van der Waals surface area (Å²) >= 11 is 0. The zero-order chi connectivity index (χ0) is 19.6. The van der Waals surface area contributed by atoms with E-state index >= 15 is 0 Å². The number of nitrogens with zero attached hydrogens (tertiary/aromatic N) is 1. The number of anilines is 1. The number of amides is 1. The Bertz CT molecular complexity index is 959. The van der Waals surface area contributed by atoms with Crippen LogP contribution in [0.5, 0.6) is 0 Å². The Morgan fingerprint density at radius 2 is 1.93 bits per heavy atom. The van der Waals surface area contributed by atoms with E-state index < -0.39 is 21.8 Å². The van der Waals surface area contributed by atoms with Crippen molar-refractivity contribution in [3.05, 3.63) is 59.4 Å². The van der Waals surface area contributed by atoms with Crippen LogP contribution in [0.1, 0.15) is 24.0 Å². The van der Waals surface area contributed by atoms with E-state index in [9.17, 15) is 17.6 Å². The summed E-state index contributed by atoms with van der Waals surface area (Å²) in [6.07, 6.45) is 1.15. The average molecular weight is 390 g/mol. The maximum Gasteiger partial charge on any atom is 0.243 e. The predicted molar refractivity (Wildman–Crippen MR) is 102 cm³/mol. The lowest BCUT2D eigenvalue weighted by Crippen LogP contribution is -2.43. The van der Waals surface area contributed by atoms with Crippen molar-refractivity contribution in [3.8, 4) is 0 Å². The van der Waals surface area contributed by atoms with Gasteiger partial charge in [-0.15, -0.1) is 0 Å². The van der Waals surface area contributed by atoms with Crippen molar-refractivity contribution in [3.63, 3.8) is 0 Å². The predicted octanol–water partition coefficient (Wildman–Crippen LogP) is 3.48. The first-order chi connectivity index (χ1) is 12.8. The first-order valence-electron chi connectivity index (χ1n) is 8.92. The van der Waals surface area contributed by atoms with E-state index in [1.54, 1.807) is 31.2 Å². The van der Waals surface area contributed by atoms with Crippen LogP contribution < -0.4 is 5.32 Å². The third-order valence-electron chi connectivity index (χ3n) is 4.85. The van der Waals surface area contributed by atoms with Crippen LogP contribution in [-0.2, 0) is 14.8 Å². The Kier molecular flexibility index (Phi) is 5.62. The zero-order valence-electron chi connectivity index (χ0n) is 15.4. The minimum Gasteiger partial charge on any atom is -0.323 e. The maximum absolute atomic E-state index is 13.8. The Hall–Kier alpha value is -2.25. The number of hydrogen-bond acceptors (Lipinski definition) is 3. The number of nitrogens with one attached hydrogen (secondary N) is 1. The molecule has 7 heteroatoms. The van der Waals surface area contributed by atoms with Crippen LogP contribution >= 0.6 is 0 Å².